The molecule has 0 N–H and O–H groups in total. The third-order valence-electron chi connectivity index (χ3n) is 5.63. The Balaban J connectivity index is 1.83. The van der Waals surface area contributed by atoms with Gasteiger partial charge in [0.1, 0.15) is 0 Å². The van der Waals surface area contributed by atoms with Gasteiger partial charge in [0, 0.05) is 24.5 Å². The van der Waals surface area contributed by atoms with Gasteiger partial charge in [-0.15, -0.1) is 5.10 Å². The first-order chi connectivity index (χ1) is 14.0. The molecule has 2 aromatic heterocycles. The largest absolute Gasteiger partial charge is 0.284 e. The van der Waals surface area contributed by atoms with Gasteiger partial charge in [-0.05, 0) is 67.2 Å². The Morgan fingerprint density at radius 2 is 2.00 bits per heavy atom. The van der Waals surface area contributed by atoms with Gasteiger partial charge >= 0.3 is 0 Å². The van der Waals surface area contributed by atoms with Crippen molar-refractivity contribution in [3.8, 4) is 17.1 Å². The van der Waals surface area contributed by atoms with Crippen LogP contribution in [0.15, 0.2) is 48.8 Å². The van der Waals surface area contributed by atoms with E-state index in [4.69, 9.17) is 17.3 Å². The van der Waals surface area contributed by atoms with Crippen LogP contribution >= 0.6 is 12.2 Å². The highest BCUT2D eigenvalue weighted by Crippen LogP contribution is 2.28. The topological polar surface area (TPSA) is 38.9 Å². The second-order valence-corrected chi connectivity index (χ2v) is 8.73. The smallest absolute Gasteiger partial charge is 0.204 e. The van der Waals surface area contributed by atoms with Crippen molar-refractivity contribution < 1.29 is 0 Å². The zero-order valence-electron chi connectivity index (χ0n) is 17.5. The fourth-order valence-corrected chi connectivity index (χ4v) is 4.47. The number of para-hydroxylation sites is 1. The highest BCUT2D eigenvalue weighted by atomic mass is 32.1. The first kappa shape index (κ1) is 20.0. The molecule has 1 aromatic carbocycles. The van der Waals surface area contributed by atoms with E-state index in [1.165, 1.54) is 18.4 Å². The number of likely N-dealkylation sites (tertiary alicyclic amines) is 1. The van der Waals surface area contributed by atoms with Crippen molar-refractivity contribution in [1.82, 2.24) is 24.2 Å². The number of hydrogen-bond donors (Lipinski definition) is 0. The standard InChI is InChI=1S/C23H29N5S/c1-17(2)20-10-4-5-11-21(20)28-22(19-9-6-12-24-14-19)25-27(23(28)29)16-26-13-7-8-18(3)15-26/h4-6,9-12,14,17-18H,7-8,13,15-16H2,1-3H3/t18-/m1/s1. The molecule has 3 heterocycles. The Morgan fingerprint density at radius 1 is 1.17 bits per heavy atom. The molecule has 1 atom stereocenters. The summed E-state index contributed by atoms with van der Waals surface area (Å²) in [5.41, 5.74) is 3.34. The Hall–Kier alpha value is -2.31. The van der Waals surface area contributed by atoms with Crippen molar-refractivity contribution in [2.45, 2.75) is 46.2 Å². The fourth-order valence-electron chi connectivity index (χ4n) is 4.18. The van der Waals surface area contributed by atoms with Crippen molar-refractivity contribution in [2.75, 3.05) is 13.1 Å². The first-order valence-corrected chi connectivity index (χ1v) is 10.9. The summed E-state index contributed by atoms with van der Waals surface area (Å²) < 4.78 is 4.83. The zero-order chi connectivity index (χ0) is 20.4. The van der Waals surface area contributed by atoms with Crippen LogP contribution < -0.4 is 0 Å². The van der Waals surface area contributed by atoms with Gasteiger partial charge in [0.15, 0.2) is 5.82 Å². The van der Waals surface area contributed by atoms with Crippen molar-refractivity contribution in [2.24, 2.45) is 5.92 Å². The summed E-state index contributed by atoms with van der Waals surface area (Å²) in [6.07, 6.45) is 6.19. The van der Waals surface area contributed by atoms with E-state index in [1.54, 1.807) is 6.20 Å². The molecule has 1 aliphatic heterocycles. The van der Waals surface area contributed by atoms with Crippen LogP contribution in [0.4, 0.5) is 0 Å². The Labute approximate surface area is 178 Å². The summed E-state index contributed by atoms with van der Waals surface area (Å²) in [6, 6.07) is 12.5. The maximum Gasteiger partial charge on any atom is 0.204 e. The van der Waals surface area contributed by atoms with Gasteiger partial charge in [-0.2, -0.15) is 0 Å². The lowest BCUT2D eigenvalue weighted by molar-refractivity contribution is 0.138. The van der Waals surface area contributed by atoms with Gasteiger partial charge in [0.25, 0.3) is 0 Å². The monoisotopic (exact) mass is 407 g/mol. The summed E-state index contributed by atoms with van der Waals surface area (Å²) in [5, 5.41) is 4.97. The zero-order valence-corrected chi connectivity index (χ0v) is 18.3. The SMILES string of the molecule is CC(C)c1ccccc1-n1c(-c2cccnc2)nn(CN2CCC[C@@H](C)C2)c1=S. The van der Waals surface area contributed by atoms with Gasteiger partial charge in [-0.3, -0.25) is 14.5 Å². The number of piperidine rings is 1. The molecule has 5 nitrogen and oxygen atoms in total. The molecule has 0 unspecified atom stereocenters. The molecule has 0 amide bonds. The molecule has 3 aromatic rings. The molecule has 0 aliphatic carbocycles. The van der Waals surface area contributed by atoms with Gasteiger partial charge in [-0.25, -0.2) is 4.68 Å². The van der Waals surface area contributed by atoms with Crippen LogP contribution in [-0.4, -0.2) is 37.3 Å². The third-order valence-corrected chi connectivity index (χ3v) is 6.03. The van der Waals surface area contributed by atoms with E-state index in [0.717, 1.165) is 47.5 Å². The van der Waals surface area contributed by atoms with Crippen LogP contribution in [0.3, 0.4) is 0 Å². The highest BCUT2D eigenvalue weighted by molar-refractivity contribution is 7.71. The van der Waals surface area contributed by atoms with Gasteiger partial charge in [0.2, 0.25) is 4.77 Å². The molecule has 1 fully saturated rings. The van der Waals surface area contributed by atoms with Crippen molar-refractivity contribution >= 4 is 12.2 Å². The number of rotatable bonds is 5. The van der Waals surface area contributed by atoms with E-state index in [9.17, 15) is 0 Å². The Bertz CT molecular complexity index is 1020. The minimum atomic E-state index is 0.390. The normalized spacial score (nSPS) is 17.7. The molecular weight excluding hydrogens is 378 g/mol. The summed E-state index contributed by atoms with van der Waals surface area (Å²) in [7, 11) is 0. The number of benzene rings is 1. The molecule has 0 bridgehead atoms. The van der Waals surface area contributed by atoms with Crippen LogP contribution in [0.1, 0.15) is 45.1 Å². The van der Waals surface area contributed by atoms with Crippen molar-refractivity contribution in [3.05, 3.63) is 59.1 Å². The third kappa shape index (κ3) is 4.19. The average molecular weight is 408 g/mol. The summed E-state index contributed by atoms with van der Waals surface area (Å²) in [4.78, 5) is 6.77. The lowest BCUT2D eigenvalue weighted by Crippen LogP contribution is -2.36. The van der Waals surface area contributed by atoms with Crippen LogP contribution in [0.5, 0.6) is 0 Å². The van der Waals surface area contributed by atoms with E-state index in [2.05, 4.69) is 59.5 Å². The predicted molar refractivity (Wildman–Crippen MR) is 120 cm³/mol. The maximum absolute atomic E-state index is 5.96. The molecule has 0 spiro atoms. The van der Waals surface area contributed by atoms with Crippen LogP contribution in [0, 0.1) is 10.7 Å². The van der Waals surface area contributed by atoms with Crippen LogP contribution in [0.2, 0.25) is 0 Å². The second-order valence-electron chi connectivity index (χ2n) is 8.36. The fraction of sp³-hybridized carbons (Fsp3) is 0.435. The Morgan fingerprint density at radius 3 is 2.72 bits per heavy atom. The molecule has 0 radical (unpaired) electrons. The highest BCUT2D eigenvalue weighted by Gasteiger charge is 2.21. The predicted octanol–water partition coefficient (Wildman–Crippen LogP) is 5.28. The lowest BCUT2D eigenvalue weighted by Gasteiger charge is -2.30. The van der Waals surface area contributed by atoms with E-state index in [1.807, 2.05) is 23.0 Å². The molecule has 0 saturated carbocycles. The summed E-state index contributed by atoms with van der Waals surface area (Å²) in [5.74, 6) is 1.96. The minimum absolute atomic E-state index is 0.390. The average Bonchev–Trinajstić information content (AvgIpc) is 3.04. The van der Waals surface area contributed by atoms with E-state index in [0.29, 0.717) is 5.92 Å². The Kier molecular flexibility index (Phi) is 5.92. The van der Waals surface area contributed by atoms with Gasteiger partial charge < -0.3 is 0 Å². The molecule has 1 aliphatic rings. The number of pyridine rings is 1. The van der Waals surface area contributed by atoms with E-state index in [-0.39, 0.29) is 0 Å². The molecule has 152 valence electrons. The molecule has 1 saturated heterocycles. The first-order valence-electron chi connectivity index (χ1n) is 10.5. The van der Waals surface area contributed by atoms with Gasteiger partial charge in [0.05, 0.1) is 12.4 Å². The number of aromatic nitrogens is 4. The minimum Gasteiger partial charge on any atom is -0.284 e. The number of nitrogens with zero attached hydrogens (tertiary/aromatic N) is 5. The molecule has 29 heavy (non-hydrogen) atoms. The maximum atomic E-state index is 5.96. The van der Waals surface area contributed by atoms with E-state index >= 15 is 0 Å². The summed E-state index contributed by atoms with van der Waals surface area (Å²) >= 11 is 5.96. The quantitative estimate of drug-likeness (QED) is 0.540. The molecule has 4 rings (SSSR count). The van der Waals surface area contributed by atoms with Crippen molar-refractivity contribution in [1.29, 1.82) is 0 Å². The van der Waals surface area contributed by atoms with Crippen molar-refractivity contribution in [3.63, 3.8) is 0 Å². The van der Waals surface area contributed by atoms with Crippen LogP contribution in [0.25, 0.3) is 17.1 Å². The van der Waals surface area contributed by atoms with Gasteiger partial charge in [-0.1, -0.05) is 39.0 Å². The number of hydrogen-bond acceptors (Lipinski definition) is 4. The van der Waals surface area contributed by atoms with E-state index < -0.39 is 0 Å². The molecule has 6 heteroatoms. The van der Waals surface area contributed by atoms with Crippen LogP contribution in [-0.2, 0) is 6.67 Å². The second kappa shape index (κ2) is 8.59. The summed E-state index contributed by atoms with van der Waals surface area (Å²) in [6.45, 7) is 9.68. The molecular formula is C23H29N5S. The lowest BCUT2D eigenvalue weighted by atomic mass is 10.0.